The zero-order valence-electron chi connectivity index (χ0n) is 16.8. The molecule has 32 heavy (non-hydrogen) atoms. The van der Waals surface area contributed by atoms with Crippen LogP contribution in [0.3, 0.4) is 0 Å². The van der Waals surface area contributed by atoms with E-state index in [1.54, 1.807) is 36.0 Å². The summed E-state index contributed by atoms with van der Waals surface area (Å²) in [5.41, 5.74) is 3.60. The van der Waals surface area contributed by atoms with Gasteiger partial charge in [0.25, 0.3) is 5.91 Å². The van der Waals surface area contributed by atoms with E-state index in [-0.39, 0.29) is 21.8 Å². The second-order valence-corrected chi connectivity index (χ2v) is 9.34. The van der Waals surface area contributed by atoms with Gasteiger partial charge in [-0.1, -0.05) is 6.07 Å². The highest BCUT2D eigenvalue weighted by Crippen LogP contribution is 2.33. The van der Waals surface area contributed by atoms with Crippen LogP contribution in [0.25, 0.3) is 22.0 Å². The van der Waals surface area contributed by atoms with Gasteiger partial charge in [-0.05, 0) is 54.1 Å². The zero-order valence-corrected chi connectivity index (χ0v) is 17.7. The molecule has 0 aliphatic rings. The van der Waals surface area contributed by atoms with Gasteiger partial charge in [-0.15, -0.1) is 0 Å². The summed E-state index contributed by atoms with van der Waals surface area (Å²) in [5, 5.41) is 9.31. The number of carbonyl (C=O) groups is 1. The molecule has 4 aromatic rings. The van der Waals surface area contributed by atoms with Crippen LogP contribution in [0.15, 0.2) is 71.8 Å². The molecule has 0 aliphatic heterocycles. The predicted molar refractivity (Wildman–Crippen MR) is 115 cm³/mol. The Morgan fingerprint density at radius 3 is 2.38 bits per heavy atom. The lowest BCUT2D eigenvalue weighted by Gasteiger charge is -2.07. The molecule has 3 aromatic carbocycles. The van der Waals surface area contributed by atoms with Gasteiger partial charge >= 0.3 is 0 Å². The molecule has 0 aliphatic carbocycles. The molecule has 0 radical (unpaired) electrons. The molecule has 0 spiro atoms. The number of rotatable bonds is 5. The summed E-state index contributed by atoms with van der Waals surface area (Å²) < 4.78 is 55.3. The van der Waals surface area contributed by atoms with E-state index in [1.807, 2.05) is 0 Å². The van der Waals surface area contributed by atoms with Crippen molar-refractivity contribution in [3.8, 4) is 11.1 Å². The van der Waals surface area contributed by atoms with Crippen molar-refractivity contribution in [3.05, 3.63) is 89.6 Å². The first-order valence-corrected chi connectivity index (χ1v) is 11.2. The third-order valence-electron chi connectivity index (χ3n) is 5.21. The van der Waals surface area contributed by atoms with Gasteiger partial charge in [0.05, 0.1) is 10.6 Å². The maximum absolute atomic E-state index is 14.4. The van der Waals surface area contributed by atoms with Gasteiger partial charge in [0, 0.05) is 46.9 Å². The normalized spacial score (nSPS) is 11.6. The van der Waals surface area contributed by atoms with Crippen molar-refractivity contribution in [2.24, 2.45) is 7.05 Å². The molecule has 0 bridgehead atoms. The Hall–Kier alpha value is -3.56. The van der Waals surface area contributed by atoms with Gasteiger partial charge in [0.2, 0.25) is 0 Å². The number of amides is 1. The van der Waals surface area contributed by atoms with Crippen molar-refractivity contribution in [2.45, 2.75) is 10.6 Å². The molecule has 1 amide bonds. The number of sulfone groups is 1. The molecule has 9 heteroatoms. The minimum atomic E-state index is -3.74. The number of carbonyl (C=O) groups excluding carboxylic acids is 1. The Morgan fingerprint density at radius 1 is 1.00 bits per heavy atom. The molecule has 1 heterocycles. The van der Waals surface area contributed by atoms with Crippen LogP contribution in [-0.2, 0) is 22.6 Å². The van der Waals surface area contributed by atoms with Crippen molar-refractivity contribution in [1.29, 1.82) is 0 Å². The van der Waals surface area contributed by atoms with Crippen molar-refractivity contribution in [3.63, 3.8) is 0 Å². The topological polar surface area (TPSA) is 88.4 Å². The molecule has 164 valence electrons. The smallest absolute Gasteiger partial charge is 0.274 e. The number of aryl methyl sites for hydroxylation is 1. The molecule has 0 atom stereocenters. The van der Waals surface area contributed by atoms with Crippen molar-refractivity contribution in [2.75, 3.05) is 0 Å². The Morgan fingerprint density at radius 2 is 1.72 bits per heavy atom. The highest BCUT2D eigenvalue weighted by Gasteiger charge is 2.19. The molecule has 0 saturated carbocycles. The number of benzene rings is 3. The first-order chi connectivity index (χ1) is 15.2. The minimum absolute atomic E-state index is 0.0185. The quantitative estimate of drug-likeness (QED) is 0.348. The van der Waals surface area contributed by atoms with Gasteiger partial charge in [0.15, 0.2) is 9.84 Å². The number of nitrogens with one attached hydrogen (secondary N) is 1. The van der Waals surface area contributed by atoms with E-state index < -0.39 is 27.4 Å². The van der Waals surface area contributed by atoms with Gasteiger partial charge in [-0.3, -0.25) is 10.0 Å². The number of hydroxylamine groups is 1. The number of halogens is 2. The summed E-state index contributed by atoms with van der Waals surface area (Å²) in [6.07, 6.45) is 1.71. The number of fused-ring (bicyclic) bond motifs is 1. The van der Waals surface area contributed by atoms with Gasteiger partial charge < -0.3 is 4.57 Å². The van der Waals surface area contributed by atoms with Crippen molar-refractivity contribution >= 4 is 26.6 Å². The summed E-state index contributed by atoms with van der Waals surface area (Å²) in [7, 11) is -1.95. The highest BCUT2D eigenvalue weighted by atomic mass is 32.2. The Bertz CT molecular complexity index is 1450. The lowest BCUT2D eigenvalue weighted by atomic mass is 10.0. The number of hydrogen-bond acceptors (Lipinski definition) is 4. The summed E-state index contributed by atoms with van der Waals surface area (Å²) in [4.78, 5) is 11.4. The van der Waals surface area contributed by atoms with E-state index in [4.69, 9.17) is 5.21 Å². The lowest BCUT2D eigenvalue weighted by Crippen LogP contribution is -2.18. The molecule has 4 rings (SSSR count). The highest BCUT2D eigenvalue weighted by molar-refractivity contribution is 7.90. The maximum Gasteiger partial charge on any atom is 0.274 e. The SMILES string of the molecule is Cn1cc(-c2ccc(F)cc2F)c2cc(CS(=O)(=O)c3ccc(C(=O)NO)cc3)ccc21. The molecular weight excluding hydrogens is 438 g/mol. The van der Waals surface area contributed by atoms with Gasteiger partial charge in [-0.25, -0.2) is 22.7 Å². The Labute approximate surface area is 182 Å². The van der Waals surface area contributed by atoms with E-state index in [0.717, 1.165) is 11.6 Å². The second kappa shape index (κ2) is 8.18. The van der Waals surface area contributed by atoms with Crippen LogP contribution >= 0.6 is 0 Å². The molecule has 0 saturated heterocycles. The predicted octanol–water partition coefficient (Wildman–Crippen LogP) is 4.22. The first-order valence-electron chi connectivity index (χ1n) is 9.50. The van der Waals surface area contributed by atoms with Gasteiger partial charge in [-0.2, -0.15) is 0 Å². The van der Waals surface area contributed by atoms with Crippen molar-refractivity contribution < 1.29 is 27.2 Å². The number of aromatic nitrogens is 1. The molecule has 1 aromatic heterocycles. The Balaban J connectivity index is 1.71. The number of nitrogens with zero attached hydrogens (tertiary/aromatic N) is 1. The van der Waals surface area contributed by atoms with E-state index in [0.29, 0.717) is 16.5 Å². The van der Waals surface area contributed by atoms with Gasteiger partial charge in [0.1, 0.15) is 11.6 Å². The number of hydrogen-bond donors (Lipinski definition) is 2. The Kier molecular flexibility index (Phi) is 5.53. The van der Waals surface area contributed by atoms with E-state index in [2.05, 4.69) is 0 Å². The standard InChI is InChI=1S/C23H18F2N2O4S/c1-27-12-20(18-8-5-16(24)11-21(18)25)19-10-14(2-9-22(19)27)13-32(30,31)17-6-3-15(4-7-17)23(28)26-29/h2-12,29H,13H2,1H3,(H,26,28). The van der Waals surface area contributed by atoms with Crippen LogP contribution in [-0.4, -0.2) is 24.1 Å². The fourth-order valence-electron chi connectivity index (χ4n) is 3.63. The summed E-state index contributed by atoms with van der Waals surface area (Å²) in [5.74, 6) is -2.44. The fraction of sp³-hybridized carbons (Fsp3) is 0.0870. The van der Waals surface area contributed by atoms with E-state index >= 15 is 0 Å². The van der Waals surface area contributed by atoms with Crippen molar-refractivity contribution in [1.82, 2.24) is 10.0 Å². The average Bonchev–Trinajstić information content (AvgIpc) is 3.08. The lowest BCUT2D eigenvalue weighted by molar-refractivity contribution is 0.0706. The van der Waals surface area contributed by atoms with Crippen LogP contribution in [0.1, 0.15) is 15.9 Å². The largest absolute Gasteiger partial charge is 0.350 e. The monoisotopic (exact) mass is 456 g/mol. The van der Waals surface area contributed by atoms with Crippen LogP contribution in [0.5, 0.6) is 0 Å². The first kappa shape index (κ1) is 21.7. The molecule has 0 unspecified atom stereocenters. The zero-order chi connectivity index (χ0) is 23.0. The summed E-state index contributed by atoms with van der Waals surface area (Å²) in [6.45, 7) is 0. The average molecular weight is 456 g/mol. The molecular formula is C23H18F2N2O4S. The molecule has 6 nitrogen and oxygen atoms in total. The fourth-order valence-corrected chi connectivity index (χ4v) is 4.97. The second-order valence-electron chi connectivity index (χ2n) is 7.35. The molecule has 2 N–H and O–H groups in total. The van der Waals surface area contributed by atoms with E-state index in [9.17, 15) is 22.0 Å². The maximum atomic E-state index is 14.4. The van der Waals surface area contributed by atoms with Crippen LogP contribution in [0.4, 0.5) is 8.78 Å². The third-order valence-corrected chi connectivity index (χ3v) is 6.91. The van der Waals surface area contributed by atoms with E-state index in [1.165, 1.54) is 41.9 Å². The molecule has 0 fully saturated rings. The van der Waals surface area contributed by atoms with Crippen LogP contribution < -0.4 is 5.48 Å². The van der Waals surface area contributed by atoms with Crippen LogP contribution in [0.2, 0.25) is 0 Å². The minimum Gasteiger partial charge on any atom is -0.350 e. The summed E-state index contributed by atoms with van der Waals surface area (Å²) >= 11 is 0. The summed E-state index contributed by atoms with van der Waals surface area (Å²) in [6, 6.07) is 13.6. The third kappa shape index (κ3) is 4.00. The van der Waals surface area contributed by atoms with Crippen LogP contribution in [0, 0.1) is 11.6 Å².